The number of halogens is 2. The van der Waals surface area contributed by atoms with Gasteiger partial charge in [-0.05, 0) is 48.3 Å². The largest absolute Gasteiger partial charge is 0.271 e. The maximum absolute atomic E-state index is 6.11. The Hall–Kier alpha value is -0.280. The lowest BCUT2D eigenvalue weighted by molar-refractivity contribution is 0.171. The van der Waals surface area contributed by atoms with Crippen molar-refractivity contribution < 1.29 is 0 Å². The van der Waals surface area contributed by atoms with Gasteiger partial charge in [0, 0.05) is 6.04 Å². The lowest BCUT2D eigenvalue weighted by Crippen LogP contribution is -2.36. The molecule has 0 saturated heterocycles. The summed E-state index contributed by atoms with van der Waals surface area (Å²) in [5.41, 5.74) is 4.10. The van der Waals surface area contributed by atoms with Crippen molar-refractivity contribution in [1.29, 1.82) is 0 Å². The normalized spacial score (nSPS) is 29.2. The molecule has 0 spiro atoms. The molecule has 0 amide bonds. The van der Waals surface area contributed by atoms with Gasteiger partial charge in [0.25, 0.3) is 0 Å². The highest BCUT2D eigenvalue weighted by Crippen LogP contribution is 2.40. The van der Waals surface area contributed by atoms with Crippen LogP contribution in [0.25, 0.3) is 0 Å². The molecular formula is C15H22Cl2N2. The van der Waals surface area contributed by atoms with Gasteiger partial charge in [-0.3, -0.25) is 11.3 Å². The molecule has 1 aromatic rings. The molecule has 106 valence electrons. The molecule has 1 fully saturated rings. The number of nitrogens with one attached hydrogen (secondary N) is 1. The third kappa shape index (κ3) is 3.43. The topological polar surface area (TPSA) is 38.0 Å². The van der Waals surface area contributed by atoms with Gasteiger partial charge in [-0.25, -0.2) is 0 Å². The predicted octanol–water partition coefficient (Wildman–Crippen LogP) is 4.57. The molecule has 3 N–H and O–H groups in total. The van der Waals surface area contributed by atoms with Gasteiger partial charge in [-0.1, -0.05) is 49.5 Å². The summed E-state index contributed by atoms with van der Waals surface area (Å²) in [5, 5.41) is 1.18. The molecule has 0 heterocycles. The Balaban J connectivity index is 2.17. The molecule has 0 aliphatic heterocycles. The summed E-state index contributed by atoms with van der Waals surface area (Å²) in [6.07, 6.45) is 3.68. The Morgan fingerprint density at radius 1 is 1.16 bits per heavy atom. The van der Waals surface area contributed by atoms with Crippen LogP contribution in [0.5, 0.6) is 0 Å². The molecule has 0 bridgehead atoms. The SMILES string of the molecule is CC1CCC(C(NN)c2ccc(Cl)c(Cl)c2)CC1C. The van der Waals surface area contributed by atoms with Gasteiger partial charge in [0.1, 0.15) is 0 Å². The van der Waals surface area contributed by atoms with E-state index in [4.69, 9.17) is 29.0 Å². The Kier molecular flexibility index (Phi) is 5.13. The van der Waals surface area contributed by atoms with Crippen molar-refractivity contribution in [2.24, 2.45) is 23.6 Å². The zero-order chi connectivity index (χ0) is 14.0. The van der Waals surface area contributed by atoms with Crippen LogP contribution in [-0.4, -0.2) is 0 Å². The maximum atomic E-state index is 6.11. The van der Waals surface area contributed by atoms with Crippen LogP contribution in [0.1, 0.15) is 44.7 Å². The van der Waals surface area contributed by atoms with Crippen LogP contribution in [0.3, 0.4) is 0 Å². The first-order valence-corrected chi connectivity index (χ1v) is 7.69. The number of rotatable bonds is 3. The highest BCUT2D eigenvalue weighted by Gasteiger charge is 2.30. The second kappa shape index (κ2) is 6.45. The highest BCUT2D eigenvalue weighted by atomic mass is 35.5. The summed E-state index contributed by atoms with van der Waals surface area (Å²) < 4.78 is 0. The molecule has 1 aromatic carbocycles. The molecule has 19 heavy (non-hydrogen) atoms. The molecule has 0 aromatic heterocycles. The third-order valence-corrected chi connectivity index (χ3v) is 5.33. The minimum atomic E-state index is 0.157. The first-order chi connectivity index (χ1) is 9.02. The fraction of sp³-hybridized carbons (Fsp3) is 0.600. The van der Waals surface area contributed by atoms with Crippen LogP contribution in [0, 0.1) is 17.8 Å². The third-order valence-electron chi connectivity index (χ3n) is 4.59. The van der Waals surface area contributed by atoms with E-state index in [2.05, 4.69) is 19.3 Å². The van der Waals surface area contributed by atoms with Crippen molar-refractivity contribution in [2.75, 3.05) is 0 Å². The van der Waals surface area contributed by atoms with E-state index in [0.29, 0.717) is 16.0 Å². The summed E-state index contributed by atoms with van der Waals surface area (Å²) in [4.78, 5) is 0. The van der Waals surface area contributed by atoms with Crippen LogP contribution in [0.4, 0.5) is 0 Å². The lowest BCUT2D eigenvalue weighted by Gasteiger charge is -2.36. The van der Waals surface area contributed by atoms with Gasteiger partial charge < -0.3 is 0 Å². The van der Waals surface area contributed by atoms with Crippen LogP contribution < -0.4 is 11.3 Å². The van der Waals surface area contributed by atoms with Crippen LogP contribution in [-0.2, 0) is 0 Å². The fourth-order valence-corrected chi connectivity index (χ4v) is 3.41. The van der Waals surface area contributed by atoms with E-state index in [1.807, 2.05) is 18.2 Å². The van der Waals surface area contributed by atoms with Crippen molar-refractivity contribution in [3.05, 3.63) is 33.8 Å². The Morgan fingerprint density at radius 2 is 1.89 bits per heavy atom. The Labute approximate surface area is 125 Å². The molecule has 1 aliphatic rings. The van der Waals surface area contributed by atoms with Gasteiger partial charge in [-0.2, -0.15) is 0 Å². The number of nitrogens with two attached hydrogens (primary N) is 1. The monoisotopic (exact) mass is 300 g/mol. The van der Waals surface area contributed by atoms with E-state index in [-0.39, 0.29) is 6.04 Å². The van der Waals surface area contributed by atoms with Crippen molar-refractivity contribution in [2.45, 2.75) is 39.2 Å². The van der Waals surface area contributed by atoms with E-state index in [1.165, 1.54) is 19.3 Å². The smallest absolute Gasteiger partial charge is 0.0595 e. The van der Waals surface area contributed by atoms with Crippen molar-refractivity contribution >= 4 is 23.2 Å². The van der Waals surface area contributed by atoms with Gasteiger partial charge >= 0.3 is 0 Å². The Bertz CT molecular complexity index is 436. The second-order valence-corrected chi connectivity index (χ2v) is 6.66. The van der Waals surface area contributed by atoms with E-state index in [9.17, 15) is 0 Å². The van der Waals surface area contributed by atoms with Gasteiger partial charge in [0.2, 0.25) is 0 Å². The minimum Gasteiger partial charge on any atom is -0.271 e. The molecule has 1 saturated carbocycles. The van der Waals surface area contributed by atoms with Gasteiger partial charge in [0.05, 0.1) is 10.0 Å². The van der Waals surface area contributed by atoms with Crippen LogP contribution in [0.2, 0.25) is 10.0 Å². The molecule has 4 atom stereocenters. The zero-order valence-corrected chi connectivity index (χ0v) is 13.0. The number of hydrogen-bond acceptors (Lipinski definition) is 2. The quantitative estimate of drug-likeness (QED) is 0.634. The molecular weight excluding hydrogens is 279 g/mol. The summed E-state index contributed by atoms with van der Waals surface area (Å²) >= 11 is 12.1. The fourth-order valence-electron chi connectivity index (χ4n) is 3.10. The van der Waals surface area contributed by atoms with Crippen molar-refractivity contribution in [3.8, 4) is 0 Å². The molecule has 4 unspecified atom stereocenters. The Morgan fingerprint density at radius 3 is 2.47 bits per heavy atom. The van der Waals surface area contributed by atoms with Gasteiger partial charge in [0.15, 0.2) is 0 Å². The molecule has 2 nitrogen and oxygen atoms in total. The summed E-state index contributed by atoms with van der Waals surface area (Å²) in [7, 11) is 0. The van der Waals surface area contributed by atoms with E-state index < -0.39 is 0 Å². The highest BCUT2D eigenvalue weighted by molar-refractivity contribution is 6.42. The summed E-state index contributed by atoms with van der Waals surface area (Å²) in [6.45, 7) is 4.67. The predicted molar refractivity (Wildman–Crippen MR) is 82.2 cm³/mol. The average Bonchev–Trinajstić information content (AvgIpc) is 2.39. The maximum Gasteiger partial charge on any atom is 0.0595 e. The molecule has 2 rings (SSSR count). The molecule has 1 aliphatic carbocycles. The average molecular weight is 301 g/mol. The zero-order valence-electron chi connectivity index (χ0n) is 11.5. The lowest BCUT2D eigenvalue weighted by atomic mass is 9.72. The number of hydrogen-bond donors (Lipinski definition) is 2. The second-order valence-electron chi connectivity index (χ2n) is 5.85. The summed E-state index contributed by atoms with van der Waals surface area (Å²) in [6, 6.07) is 5.95. The first-order valence-electron chi connectivity index (χ1n) is 6.94. The van der Waals surface area contributed by atoms with E-state index in [1.54, 1.807) is 0 Å². The minimum absolute atomic E-state index is 0.157. The first kappa shape index (κ1) is 15.1. The molecule has 0 radical (unpaired) electrons. The van der Waals surface area contributed by atoms with E-state index >= 15 is 0 Å². The standard InChI is InChI=1S/C15H22Cl2N2/c1-9-3-4-11(7-10(9)2)15(19-18)12-5-6-13(16)14(17)8-12/h5-6,8-11,15,19H,3-4,7,18H2,1-2H3. The van der Waals surface area contributed by atoms with E-state index in [0.717, 1.165) is 17.4 Å². The number of benzene rings is 1. The number of hydrazine groups is 1. The van der Waals surface area contributed by atoms with Crippen molar-refractivity contribution in [1.82, 2.24) is 5.43 Å². The van der Waals surface area contributed by atoms with Crippen LogP contribution in [0.15, 0.2) is 18.2 Å². The van der Waals surface area contributed by atoms with Gasteiger partial charge in [-0.15, -0.1) is 0 Å². The van der Waals surface area contributed by atoms with Crippen molar-refractivity contribution in [3.63, 3.8) is 0 Å². The summed E-state index contributed by atoms with van der Waals surface area (Å²) in [5.74, 6) is 7.90. The van der Waals surface area contributed by atoms with Crippen LogP contribution >= 0.6 is 23.2 Å². The molecule has 4 heteroatoms.